The van der Waals surface area contributed by atoms with Crippen molar-refractivity contribution in [2.75, 3.05) is 11.9 Å². The van der Waals surface area contributed by atoms with Crippen molar-refractivity contribution in [1.29, 1.82) is 0 Å². The second-order valence-electron chi connectivity index (χ2n) is 5.08. The normalized spacial score (nSPS) is 23.1. The third-order valence-electron chi connectivity index (χ3n) is 3.37. The molecule has 1 saturated heterocycles. The molecule has 1 aliphatic heterocycles. The Morgan fingerprint density at radius 3 is 2.72 bits per heavy atom. The first-order chi connectivity index (χ1) is 8.42. The van der Waals surface area contributed by atoms with Crippen LogP contribution in [-0.4, -0.2) is 18.1 Å². The Morgan fingerprint density at radius 1 is 1.44 bits per heavy atom. The van der Waals surface area contributed by atoms with Crippen LogP contribution in [0.4, 0.5) is 5.69 Å². The molecular weight excluding hydrogens is 294 g/mol. The van der Waals surface area contributed by atoms with Gasteiger partial charge in [-0.2, -0.15) is 0 Å². The van der Waals surface area contributed by atoms with Crippen LogP contribution in [-0.2, 0) is 9.53 Å². The molecule has 0 aromatic heterocycles. The van der Waals surface area contributed by atoms with Crippen LogP contribution >= 0.6 is 15.9 Å². The van der Waals surface area contributed by atoms with E-state index in [0.29, 0.717) is 6.61 Å². The highest BCUT2D eigenvalue weighted by atomic mass is 79.9. The zero-order valence-corrected chi connectivity index (χ0v) is 12.6. The Kier molecular flexibility index (Phi) is 3.78. The van der Waals surface area contributed by atoms with E-state index in [9.17, 15) is 4.79 Å². The topological polar surface area (TPSA) is 38.3 Å². The lowest BCUT2D eigenvalue weighted by atomic mass is 10.0. The van der Waals surface area contributed by atoms with Crippen LogP contribution in [0.25, 0.3) is 0 Å². The summed E-state index contributed by atoms with van der Waals surface area (Å²) in [6.45, 7) is 6.54. The van der Waals surface area contributed by atoms with Gasteiger partial charge in [-0.25, -0.2) is 0 Å². The fraction of sp³-hybridized carbons (Fsp3) is 0.500. The first-order valence-corrected chi connectivity index (χ1v) is 6.94. The first-order valence-electron chi connectivity index (χ1n) is 6.14. The fourth-order valence-corrected chi connectivity index (χ4v) is 3.05. The maximum Gasteiger partial charge on any atom is 0.256 e. The van der Waals surface area contributed by atoms with Gasteiger partial charge in [0, 0.05) is 11.1 Å². The van der Waals surface area contributed by atoms with E-state index in [-0.39, 0.29) is 5.91 Å². The summed E-state index contributed by atoms with van der Waals surface area (Å²) in [5, 5.41) is 2.98. The van der Waals surface area contributed by atoms with Crippen LogP contribution in [0.5, 0.6) is 0 Å². The van der Waals surface area contributed by atoms with Gasteiger partial charge in [-0.3, -0.25) is 4.79 Å². The predicted octanol–water partition coefficient (Wildman–Crippen LogP) is 3.57. The minimum atomic E-state index is -0.684. The predicted molar refractivity (Wildman–Crippen MR) is 75.8 cm³/mol. The Labute approximate surface area is 116 Å². The third-order valence-corrected chi connectivity index (χ3v) is 3.99. The van der Waals surface area contributed by atoms with Gasteiger partial charge in [0.05, 0.1) is 5.69 Å². The number of halogens is 1. The molecular formula is C14H18BrNO2. The molecule has 98 valence electrons. The standard InChI is InChI=1S/C14H18BrNO2/c1-9-7-10(2)12(11(15)8-9)16-13(17)14(3)5-4-6-18-14/h7-8H,4-6H2,1-3H3,(H,16,17). The first kappa shape index (κ1) is 13.6. The minimum absolute atomic E-state index is 0.0624. The van der Waals surface area contributed by atoms with Gasteiger partial charge < -0.3 is 10.1 Å². The molecule has 1 aliphatic rings. The quantitative estimate of drug-likeness (QED) is 0.906. The zero-order chi connectivity index (χ0) is 13.3. The molecule has 1 aromatic carbocycles. The van der Waals surface area contributed by atoms with Gasteiger partial charge in [0.25, 0.3) is 5.91 Å². The van der Waals surface area contributed by atoms with Crippen LogP contribution in [0.1, 0.15) is 30.9 Å². The number of anilines is 1. The summed E-state index contributed by atoms with van der Waals surface area (Å²) >= 11 is 3.50. The SMILES string of the molecule is Cc1cc(C)c(NC(=O)C2(C)CCCO2)c(Br)c1. The van der Waals surface area contributed by atoms with Gasteiger partial charge in [-0.05, 0) is 66.7 Å². The molecule has 18 heavy (non-hydrogen) atoms. The van der Waals surface area contributed by atoms with Crippen molar-refractivity contribution >= 4 is 27.5 Å². The van der Waals surface area contributed by atoms with Crippen molar-refractivity contribution in [3.8, 4) is 0 Å². The third kappa shape index (κ3) is 2.59. The van der Waals surface area contributed by atoms with E-state index >= 15 is 0 Å². The fourth-order valence-electron chi connectivity index (χ4n) is 2.28. The number of carbonyl (C=O) groups excluding carboxylic acids is 1. The number of nitrogens with one attached hydrogen (secondary N) is 1. The molecule has 1 N–H and O–H groups in total. The Balaban J connectivity index is 2.22. The average Bonchev–Trinajstić information content (AvgIpc) is 2.71. The molecule has 3 nitrogen and oxygen atoms in total. The summed E-state index contributed by atoms with van der Waals surface area (Å²) < 4.78 is 6.46. The van der Waals surface area contributed by atoms with E-state index in [4.69, 9.17) is 4.74 Å². The Bertz CT molecular complexity index is 456. The van der Waals surface area contributed by atoms with Crippen LogP contribution in [0, 0.1) is 13.8 Å². The summed E-state index contributed by atoms with van der Waals surface area (Å²) in [6, 6.07) is 4.05. The van der Waals surface area contributed by atoms with Gasteiger partial charge in [-0.15, -0.1) is 0 Å². The molecule has 0 spiro atoms. The lowest BCUT2D eigenvalue weighted by molar-refractivity contribution is -0.133. The molecule has 0 bridgehead atoms. The monoisotopic (exact) mass is 311 g/mol. The second kappa shape index (κ2) is 5.02. The van der Waals surface area contributed by atoms with Gasteiger partial charge in [0.1, 0.15) is 5.60 Å². The highest BCUT2D eigenvalue weighted by molar-refractivity contribution is 9.10. The minimum Gasteiger partial charge on any atom is -0.365 e. The lowest BCUT2D eigenvalue weighted by Crippen LogP contribution is -2.39. The van der Waals surface area contributed by atoms with Crippen molar-refractivity contribution in [1.82, 2.24) is 0 Å². The Morgan fingerprint density at radius 2 is 2.17 bits per heavy atom. The van der Waals surface area contributed by atoms with Crippen molar-refractivity contribution in [2.24, 2.45) is 0 Å². The molecule has 1 amide bonds. The number of ether oxygens (including phenoxy) is 1. The smallest absolute Gasteiger partial charge is 0.256 e. The summed E-state index contributed by atoms with van der Waals surface area (Å²) in [6.07, 6.45) is 1.72. The maximum absolute atomic E-state index is 12.3. The summed E-state index contributed by atoms with van der Waals surface area (Å²) in [5.41, 5.74) is 2.37. The van der Waals surface area contributed by atoms with Gasteiger partial charge >= 0.3 is 0 Å². The number of hydrogen-bond acceptors (Lipinski definition) is 2. The molecule has 1 unspecified atom stereocenters. The van der Waals surface area contributed by atoms with Crippen molar-refractivity contribution < 1.29 is 9.53 Å². The van der Waals surface area contributed by atoms with Gasteiger partial charge in [-0.1, -0.05) is 6.07 Å². The van der Waals surface area contributed by atoms with Crippen molar-refractivity contribution in [2.45, 2.75) is 39.2 Å². The second-order valence-corrected chi connectivity index (χ2v) is 5.93. The average molecular weight is 312 g/mol. The van der Waals surface area contributed by atoms with E-state index < -0.39 is 5.60 Å². The summed E-state index contributed by atoms with van der Waals surface area (Å²) in [7, 11) is 0. The Hall–Kier alpha value is -0.870. The molecule has 0 radical (unpaired) electrons. The van der Waals surface area contributed by atoms with E-state index in [1.54, 1.807) is 0 Å². The van der Waals surface area contributed by atoms with E-state index in [2.05, 4.69) is 27.3 Å². The number of benzene rings is 1. The molecule has 0 aliphatic carbocycles. The number of carbonyl (C=O) groups is 1. The van der Waals surface area contributed by atoms with Gasteiger partial charge in [0.2, 0.25) is 0 Å². The van der Waals surface area contributed by atoms with E-state index in [1.807, 2.05) is 26.8 Å². The molecule has 0 saturated carbocycles. The molecule has 1 aromatic rings. The van der Waals surface area contributed by atoms with Crippen molar-refractivity contribution in [3.05, 3.63) is 27.7 Å². The van der Waals surface area contributed by atoms with Crippen LogP contribution in [0.15, 0.2) is 16.6 Å². The molecule has 1 atom stereocenters. The zero-order valence-electron chi connectivity index (χ0n) is 11.0. The molecule has 1 heterocycles. The molecule has 4 heteroatoms. The highest BCUT2D eigenvalue weighted by Crippen LogP contribution is 2.31. The van der Waals surface area contributed by atoms with Crippen LogP contribution in [0.2, 0.25) is 0 Å². The van der Waals surface area contributed by atoms with Gasteiger partial charge in [0.15, 0.2) is 0 Å². The molecule has 2 rings (SSSR count). The summed E-state index contributed by atoms with van der Waals surface area (Å²) in [4.78, 5) is 12.3. The number of hydrogen-bond donors (Lipinski definition) is 1. The number of rotatable bonds is 2. The van der Waals surface area contributed by atoms with E-state index in [1.165, 1.54) is 5.56 Å². The highest BCUT2D eigenvalue weighted by Gasteiger charge is 2.38. The largest absolute Gasteiger partial charge is 0.365 e. The maximum atomic E-state index is 12.3. The van der Waals surface area contributed by atoms with Crippen LogP contribution in [0.3, 0.4) is 0 Å². The number of amides is 1. The summed E-state index contributed by atoms with van der Waals surface area (Å²) in [5.74, 6) is -0.0624. The van der Waals surface area contributed by atoms with Crippen molar-refractivity contribution in [3.63, 3.8) is 0 Å². The lowest BCUT2D eigenvalue weighted by Gasteiger charge is -2.23. The molecule has 1 fully saturated rings. The number of aryl methyl sites for hydroxylation is 2. The van der Waals surface area contributed by atoms with E-state index in [0.717, 1.165) is 28.6 Å². The van der Waals surface area contributed by atoms with Crippen LogP contribution < -0.4 is 5.32 Å².